The summed E-state index contributed by atoms with van der Waals surface area (Å²) >= 11 is 1.57. The summed E-state index contributed by atoms with van der Waals surface area (Å²) in [5, 5.41) is 10.6. The molecule has 0 aliphatic carbocycles. The first-order valence-corrected chi connectivity index (χ1v) is 7.46. The van der Waals surface area contributed by atoms with E-state index in [1.54, 1.807) is 29.4 Å². The Bertz CT molecular complexity index is 675. The summed E-state index contributed by atoms with van der Waals surface area (Å²) in [5.41, 5.74) is 1.76. The molecule has 0 saturated carbocycles. The number of aryl methyl sites for hydroxylation is 1. The van der Waals surface area contributed by atoms with Gasteiger partial charge in [-0.05, 0) is 19.1 Å². The lowest BCUT2D eigenvalue weighted by Gasteiger charge is -2.14. The number of rotatable bonds is 4. The fourth-order valence-corrected chi connectivity index (χ4v) is 2.69. The maximum Gasteiger partial charge on any atom is 0.289 e. The van der Waals surface area contributed by atoms with E-state index in [-0.39, 0.29) is 12.5 Å². The molecule has 2 rings (SSSR count). The van der Waals surface area contributed by atoms with Crippen molar-refractivity contribution in [3.05, 3.63) is 45.5 Å². The van der Waals surface area contributed by atoms with Crippen LogP contribution in [0.5, 0.6) is 0 Å². The van der Waals surface area contributed by atoms with Gasteiger partial charge >= 0.3 is 0 Å². The second-order valence-corrected chi connectivity index (χ2v) is 5.67. The molecule has 0 saturated heterocycles. The summed E-state index contributed by atoms with van der Waals surface area (Å²) in [6, 6.07) is 3.74. The highest BCUT2D eigenvalue weighted by Gasteiger charge is 2.17. The monoisotopic (exact) mass is 303 g/mol. The van der Waals surface area contributed by atoms with E-state index in [2.05, 4.69) is 11.8 Å². The first-order valence-electron chi connectivity index (χ1n) is 6.58. The zero-order valence-corrected chi connectivity index (χ0v) is 12.9. The van der Waals surface area contributed by atoms with Gasteiger partial charge in [-0.2, -0.15) is 0 Å². The van der Waals surface area contributed by atoms with Crippen LogP contribution in [0.4, 0.5) is 0 Å². The molecule has 2 aromatic rings. The quantitative estimate of drug-likeness (QED) is 0.884. The number of aliphatic hydroxyl groups is 1. The van der Waals surface area contributed by atoms with Crippen molar-refractivity contribution in [2.75, 3.05) is 13.7 Å². The SMILES string of the molecule is Cc1ccoc1C(=O)N(C)Cc1cc(C#CCCO)cs1. The predicted octanol–water partition coefficient (Wildman–Crippen LogP) is 2.66. The van der Waals surface area contributed by atoms with Crippen LogP contribution in [-0.4, -0.2) is 29.6 Å². The fourth-order valence-electron chi connectivity index (χ4n) is 1.82. The molecule has 0 aliphatic rings. The largest absolute Gasteiger partial charge is 0.459 e. The van der Waals surface area contributed by atoms with Crippen molar-refractivity contribution in [1.82, 2.24) is 4.90 Å². The first kappa shape index (κ1) is 15.4. The molecule has 0 bridgehead atoms. The topological polar surface area (TPSA) is 53.7 Å². The van der Waals surface area contributed by atoms with Crippen LogP contribution >= 0.6 is 11.3 Å². The average molecular weight is 303 g/mol. The van der Waals surface area contributed by atoms with Crippen molar-refractivity contribution < 1.29 is 14.3 Å². The van der Waals surface area contributed by atoms with E-state index in [0.717, 1.165) is 16.0 Å². The van der Waals surface area contributed by atoms with Crippen molar-refractivity contribution in [1.29, 1.82) is 0 Å². The minimum absolute atomic E-state index is 0.0731. The van der Waals surface area contributed by atoms with E-state index in [4.69, 9.17) is 9.52 Å². The molecule has 5 heteroatoms. The first-order chi connectivity index (χ1) is 10.1. The number of carbonyl (C=O) groups is 1. The lowest BCUT2D eigenvalue weighted by molar-refractivity contribution is 0.0754. The second kappa shape index (κ2) is 7.11. The van der Waals surface area contributed by atoms with E-state index >= 15 is 0 Å². The molecular formula is C16H17NO3S. The average Bonchev–Trinajstić information content (AvgIpc) is 3.07. The number of hydrogen-bond donors (Lipinski definition) is 1. The summed E-state index contributed by atoms with van der Waals surface area (Å²) in [7, 11) is 1.75. The molecule has 0 spiro atoms. The van der Waals surface area contributed by atoms with Gasteiger partial charge in [0.2, 0.25) is 0 Å². The van der Waals surface area contributed by atoms with Crippen LogP contribution < -0.4 is 0 Å². The Balaban J connectivity index is 2.00. The summed E-state index contributed by atoms with van der Waals surface area (Å²) < 4.78 is 5.22. The molecule has 0 unspecified atom stereocenters. The van der Waals surface area contributed by atoms with Crippen LogP contribution in [0.15, 0.2) is 28.2 Å². The normalized spacial score (nSPS) is 10.0. The third-order valence-electron chi connectivity index (χ3n) is 2.92. The zero-order chi connectivity index (χ0) is 15.2. The Hall–Kier alpha value is -2.03. The lowest BCUT2D eigenvalue weighted by Crippen LogP contribution is -2.25. The van der Waals surface area contributed by atoms with Crippen molar-refractivity contribution in [2.24, 2.45) is 0 Å². The number of hydrogen-bond acceptors (Lipinski definition) is 4. The van der Waals surface area contributed by atoms with Crippen LogP contribution in [0.3, 0.4) is 0 Å². The van der Waals surface area contributed by atoms with E-state index in [0.29, 0.717) is 18.7 Å². The number of aliphatic hydroxyl groups excluding tert-OH is 1. The molecular weight excluding hydrogens is 286 g/mol. The predicted molar refractivity (Wildman–Crippen MR) is 82.1 cm³/mol. The highest BCUT2D eigenvalue weighted by molar-refractivity contribution is 7.10. The lowest BCUT2D eigenvalue weighted by atomic mass is 10.2. The highest BCUT2D eigenvalue weighted by atomic mass is 32.1. The minimum atomic E-state index is -0.126. The molecule has 4 nitrogen and oxygen atoms in total. The van der Waals surface area contributed by atoms with Crippen LogP contribution in [0, 0.1) is 18.8 Å². The number of amides is 1. The fraction of sp³-hybridized carbons (Fsp3) is 0.312. The van der Waals surface area contributed by atoms with Gasteiger partial charge in [0, 0.05) is 34.9 Å². The molecule has 0 aromatic carbocycles. The molecule has 0 atom stereocenters. The molecule has 0 aliphatic heterocycles. The zero-order valence-electron chi connectivity index (χ0n) is 12.0. The van der Waals surface area contributed by atoms with E-state index < -0.39 is 0 Å². The van der Waals surface area contributed by atoms with Crippen molar-refractivity contribution >= 4 is 17.2 Å². The molecule has 0 fully saturated rings. The molecule has 21 heavy (non-hydrogen) atoms. The maximum atomic E-state index is 12.2. The van der Waals surface area contributed by atoms with Gasteiger partial charge in [-0.15, -0.1) is 11.3 Å². The molecule has 1 amide bonds. The van der Waals surface area contributed by atoms with Crippen molar-refractivity contribution in [3.8, 4) is 11.8 Å². The van der Waals surface area contributed by atoms with Crippen LogP contribution in [-0.2, 0) is 6.54 Å². The van der Waals surface area contributed by atoms with Crippen molar-refractivity contribution in [2.45, 2.75) is 19.9 Å². The molecule has 0 radical (unpaired) electrons. The Morgan fingerprint density at radius 3 is 3.00 bits per heavy atom. The van der Waals surface area contributed by atoms with Gasteiger partial charge in [-0.3, -0.25) is 4.79 Å². The maximum absolute atomic E-state index is 12.2. The standard InChI is InChI=1S/C16H17NO3S/c1-12-6-8-20-15(12)16(19)17(2)10-14-9-13(11-21-14)5-3-4-7-18/h6,8-9,11,18H,4,7,10H2,1-2H3. The molecule has 1 N–H and O–H groups in total. The number of furan rings is 1. The highest BCUT2D eigenvalue weighted by Crippen LogP contribution is 2.18. The van der Waals surface area contributed by atoms with Crippen molar-refractivity contribution in [3.63, 3.8) is 0 Å². The van der Waals surface area contributed by atoms with Crippen LogP contribution in [0.1, 0.15) is 33.0 Å². The van der Waals surface area contributed by atoms with Gasteiger partial charge in [-0.25, -0.2) is 0 Å². The number of thiophene rings is 1. The molecule has 2 aromatic heterocycles. The summed E-state index contributed by atoms with van der Waals surface area (Å²) in [6.07, 6.45) is 2.00. The third-order valence-corrected chi connectivity index (χ3v) is 3.84. The Kier molecular flexibility index (Phi) is 5.20. The summed E-state index contributed by atoms with van der Waals surface area (Å²) in [4.78, 5) is 14.9. The van der Waals surface area contributed by atoms with E-state index in [1.165, 1.54) is 6.26 Å². The van der Waals surface area contributed by atoms with E-state index in [1.807, 2.05) is 18.4 Å². The van der Waals surface area contributed by atoms with Crippen LogP contribution in [0.2, 0.25) is 0 Å². The van der Waals surface area contributed by atoms with Gasteiger partial charge in [0.15, 0.2) is 5.76 Å². The van der Waals surface area contributed by atoms with Crippen LogP contribution in [0.25, 0.3) is 0 Å². The summed E-state index contributed by atoms with van der Waals surface area (Å²) in [6.45, 7) is 2.44. The number of carbonyl (C=O) groups excluding carboxylic acids is 1. The molecule has 2 heterocycles. The smallest absolute Gasteiger partial charge is 0.289 e. The van der Waals surface area contributed by atoms with Gasteiger partial charge in [0.1, 0.15) is 0 Å². The minimum Gasteiger partial charge on any atom is -0.459 e. The Morgan fingerprint density at radius 1 is 1.52 bits per heavy atom. The molecule has 110 valence electrons. The summed E-state index contributed by atoms with van der Waals surface area (Å²) in [5.74, 6) is 6.13. The van der Waals surface area contributed by atoms with Gasteiger partial charge in [0.25, 0.3) is 5.91 Å². The Morgan fingerprint density at radius 2 is 2.33 bits per heavy atom. The third kappa shape index (κ3) is 3.97. The van der Waals surface area contributed by atoms with Gasteiger partial charge < -0.3 is 14.4 Å². The van der Waals surface area contributed by atoms with Gasteiger partial charge in [-0.1, -0.05) is 11.8 Å². The number of nitrogens with zero attached hydrogens (tertiary/aromatic N) is 1. The second-order valence-electron chi connectivity index (χ2n) is 4.67. The van der Waals surface area contributed by atoms with E-state index in [9.17, 15) is 4.79 Å². The van der Waals surface area contributed by atoms with Gasteiger partial charge in [0.05, 0.1) is 19.4 Å². The Labute approximate surface area is 128 Å².